The number of unbranched alkanes of at least 4 members (excludes halogenated alkanes) is 3. The lowest BCUT2D eigenvalue weighted by atomic mass is 10.1. The molecule has 116 valence electrons. The van der Waals surface area contributed by atoms with Gasteiger partial charge in [-0.05, 0) is 50.4 Å². The second kappa shape index (κ2) is 8.89. The van der Waals surface area contributed by atoms with Crippen LogP contribution < -0.4 is 5.32 Å². The van der Waals surface area contributed by atoms with Gasteiger partial charge >= 0.3 is 0 Å². The summed E-state index contributed by atoms with van der Waals surface area (Å²) < 4.78 is 2.46. The molecule has 0 aliphatic heterocycles. The Morgan fingerprint density at radius 1 is 1.00 bits per heavy atom. The third-order valence-corrected chi connectivity index (χ3v) is 4.17. The van der Waals surface area contributed by atoms with Gasteiger partial charge in [0.25, 0.3) is 0 Å². The van der Waals surface area contributed by atoms with Crippen molar-refractivity contribution in [1.82, 2.24) is 9.88 Å². The van der Waals surface area contributed by atoms with Crippen molar-refractivity contribution in [3.63, 3.8) is 0 Å². The lowest BCUT2D eigenvalue weighted by molar-refractivity contribution is 0.612. The summed E-state index contributed by atoms with van der Waals surface area (Å²) in [5.74, 6) is 0. The van der Waals surface area contributed by atoms with E-state index in [-0.39, 0.29) is 0 Å². The Labute approximate surface area is 129 Å². The Balaban J connectivity index is 2.01. The summed E-state index contributed by atoms with van der Waals surface area (Å²) in [6.07, 6.45) is 10.0. The molecule has 2 aromatic rings. The van der Waals surface area contributed by atoms with E-state index in [4.69, 9.17) is 0 Å². The van der Waals surface area contributed by atoms with Crippen molar-refractivity contribution in [2.45, 2.75) is 58.9 Å². The van der Waals surface area contributed by atoms with E-state index >= 15 is 0 Å². The van der Waals surface area contributed by atoms with Crippen molar-refractivity contribution in [1.29, 1.82) is 0 Å². The standard InChI is InChI=1S/C19H30N2/c1-3-5-10-15-21-16-17(11-8-9-14-20-4-2)18-12-6-7-13-19(18)21/h6-7,12-13,16,20H,3-5,8-11,14-15H2,1-2H3. The number of nitrogens with zero attached hydrogens (tertiary/aromatic N) is 1. The number of benzene rings is 1. The summed E-state index contributed by atoms with van der Waals surface area (Å²) in [7, 11) is 0. The highest BCUT2D eigenvalue weighted by Crippen LogP contribution is 2.23. The van der Waals surface area contributed by atoms with Crippen molar-refractivity contribution < 1.29 is 0 Å². The van der Waals surface area contributed by atoms with Crippen LogP contribution in [-0.2, 0) is 13.0 Å². The van der Waals surface area contributed by atoms with Gasteiger partial charge < -0.3 is 9.88 Å². The zero-order valence-electron chi connectivity index (χ0n) is 13.7. The molecule has 0 saturated carbocycles. The first-order valence-electron chi connectivity index (χ1n) is 8.64. The van der Waals surface area contributed by atoms with Crippen LogP contribution in [0.5, 0.6) is 0 Å². The predicted molar refractivity (Wildman–Crippen MR) is 92.9 cm³/mol. The van der Waals surface area contributed by atoms with E-state index in [1.165, 1.54) is 55.0 Å². The lowest BCUT2D eigenvalue weighted by Gasteiger charge is -2.03. The van der Waals surface area contributed by atoms with Crippen LogP contribution >= 0.6 is 0 Å². The smallest absolute Gasteiger partial charge is 0.0483 e. The van der Waals surface area contributed by atoms with E-state index in [9.17, 15) is 0 Å². The van der Waals surface area contributed by atoms with Gasteiger partial charge in [0.2, 0.25) is 0 Å². The molecule has 1 aromatic heterocycles. The van der Waals surface area contributed by atoms with E-state index in [0.29, 0.717) is 0 Å². The zero-order valence-corrected chi connectivity index (χ0v) is 13.7. The molecule has 2 nitrogen and oxygen atoms in total. The number of aromatic nitrogens is 1. The Kier molecular flexibility index (Phi) is 6.81. The van der Waals surface area contributed by atoms with Crippen molar-refractivity contribution in [2.24, 2.45) is 0 Å². The van der Waals surface area contributed by atoms with E-state index < -0.39 is 0 Å². The first-order valence-corrected chi connectivity index (χ1v) is 8.64. The molecule has 0 bridgehead atoms. The Morgan fingerprint density at radius 2 is 1.86 bits per heavy atom. The molecule has 0 aliphatic rings. The molecule has 1 aromatic carbocycles. The van der Waals surface area contributed by atoms with Gasteiger partial charge in [0.1, 0.15) is 0 Å². The lowest BCUT2D eigenvalue weighted by Crippen LogP contribution is -2.13. The first-order chi connectivity index (χ1) is 10.4. The van der Waals surface area contributed by atoms with E-state index in [0.717, 1.165) is 19.6 Å². The molecule has 1 N–H and O–H groups in total. The largest absolute Gasteiger partial charge is 0.347 e. The highest BCUT2D eigenvalue weighted by molar-refractivity contribution is 5.83. The number of para-hydroxylation sites is 1. The number of nitrogens with one attached hydrogen (secondary N) is 1. The topological polar surface area (TPSA) is 17.0 Å². The third-order valence-electron chi connectivity index (χ3n) is 4.17. The normalized spacial score (nSPS) is 11.3. The second-order valence-corrected chi connectivity index (χ2v) is 5.88. The third kappa shape index (κ3) is 4.60. The van der Waals surface area contributed by atoms with Crippen LogP contribution in [0.2, 0.25) is 0 Å². The molecular formula is C19H30N2. The van der Waals surface area contributed by atoms with Gasteiger partial charge in [0.15, 0.2) is 0 Å². The fraction of sp³-hybridized carbons (Fsp3) is 0.579. The Bertz CT molecular complexity index is 527. The average molecular weight is 286 g/mol. The molecule has 0 atom stereocenters. The monoisotopic (exact) mass is 286 g/mol. The van der Waals surface area contributed by atoms with Crippen molar-refractivity contribution in [3.05, 3.63) is 36.0 Å². The van der Waals surface area contributed by atoms with Crippen LogP contribution in [0.1, 0.15) is 51.5 Å². The summed E-state index contributed by atoms with van der Waals surface area (Å²) in [6, 6.07) is 8.88. The zero-order chi connectivity index (χ0) is 14.9. The van der Waals surface area contributed by atoms with Gasteiger partial charge in [-0.3, -0.25) is 0 Å². The number of rotatable bonds is 10. The fourth-order valence-electron chi connectivity index (χ4n) is 2.98. The van der Waals surface area contributed by atoms with E-state index in [1.54, 1.807) is 0 Å². The van der Waals surface area contributed by atoms with Crippen LogP contribution in [0.4, 0.5) is 0 Å². The molecule has 0 aliphatic carbocycles. The average Bonchev–Trinajstić information content (AvgIpc) is 2.86. The minimum Gasteiger partial charge on any atom is -0.347 e. The van der Waals surface area contributed by atoms with Gasteiger partial charge in [0, 0.05) is 23.6 Å². The van der Waals surface area contributed by atoms with Crippen LogP contribution in [0.15, 0.2) is 30.5 Å². The van der Waals surface area contributed by atoms with E-state index in [1.807, 2.05) is 0 Å². The van der Waals surface area contributed by atoms with Crippen molar-refractivity contribution in [3.8, 4) is 0 Å². The van der Waals surface area contributed by atoms with Gasteiger partial charge in [-0.2, -0.15) is 0 Å². The van der Waals surface area contributed by atoms with Gasteiger partial charge in [0.05, 0.1) is 0 Å². The molecule has 1 heterocycles. The number of hydrogen-bond acceptors (Lipinski definition) is 1. The Hall–Kier alpha value is -1.28. The molecule has 0 saturated heterocycles. The van der Waals surface area contributed by atoms with E-state index in [2.05, 4.69) is 54.2 Å². The molecule has 2 heteroatoms. The Morgan fingerprint density at radius 3 is 2.67 bits per heavy atom. The molecule has 2 rings (SSSR count). The summed E-state index contributed by atoms with van der Waals surface area (Å²) >= 11 is 0. The molecule has 21 heavy (non-hydrogen) atoms. The maximum absolute atomic E-state index is 3.41. The summed E-state index contributed by atoms with van der Waals surface area (Å²) in [5, 5.41) is 4.86. The summed E-state index contributed by atoms with van der Waals surface area (Å²) in [4.78, 5) is 0. The van der Waals surface area contributed by atoms with Gasteiger partial charge in [-0.15, -0.1) is 0 Å². The maximum Gasteiger partial charge on any atom is 0.0483 e. The molecule has 0 radical (unpaired) electrons. The molecule has 0 unspecified atom stereocenters. The number of hydrogen-bond donors (Lipinski definition) is 1. The molecule has 0 fully saturated rings. The summed E-state index contributed by atoms with van der Waals surface area (Å²) in [5.41, 5.74) is 2.94. The van der Waals surface area contributed by atoms with Crippen LogP contribution in [-0.4, -0.2) is 17.7 Å². The number of fused-ring (bicyclic) bond motifs is 1. The highest BCUT2D eigenvalue weighted by atomic mass is 15.0. The van der Waals surface area contributed by atoms with Crippen LogP contribution in [0, 0.1) is 0 Å². The van der Waals surface area contributed by atoms with Crippen LogP contribution in [0.25, 0.3) is 10.9 Å². The van der Waals surface area contributed by atoms with Crippen molar-refractivity contribution in [2.75, 3.05) is 13.1 Å². The highest BCUT2D eigenvalue weighted by Gasteiger charge is 2.07. The minimum atomic E-state index is 1.08. The van der Waals surface area contributed by atoms with Crippen LogP contribution in [0.3, 0.4) is 0 Å². The minimum absolute atomic E-state index is 1.08. The number of aryl methyl sites for hydroxylation is 2. The molecular weight excluding hydrogens is 256 g/mol. The SMILES string of the molecule is CCCCCn1cc(CCCCNCC)c2ccccc21. The molecule has 0 spiro atoms. The van der Waals surface area contributed by atoms with Gasteiger partial charge in [-0.1, -0.05) is 44.9 Å². The molecule has 0 amide bonds. The second-order valence-electron chi connectivity index (χ2n) is 5.88. The van der Waals surface area contributed by atoms with Crippen molar-refractivity contribution >= 4 is 10.9 Å². The van der Waals surface area contributed by atoms with Gasteiger partial charge in [-0.25, -0.2) is 0 Å². The fourth-order valence-corrected chi connectivity index (χ4v) is 2.98. The summed E-state index contributed by atoms with van der Waals surface area (Å²) in [6.45, 7) is 7.82. The quantitative estimate of drug-likeness (QED) is 0.623. The predicted octanol–water partition coefficient (Wildman–Crippen LogP) is 4.76. The first kappa shape index (κ1) is 16.1. The maximum atomic E-state index is 3.41.